The summed E-state index contributed by atoms with van der Waals surface area (Å²) in [5.74, 6) is 0.165. The molecule has 4 aromatic rings. The Labute approximate surface area is 243 Å². The Morgan fingerprint density at radius 3 is 2.17 bits per heavy atom. The molecule has 0 saturated heterocycles. The molecule has 5 rings (SSSR count). The van der Waals surface area contributed by atoms with E-state index in [4.69, 9.17) is 9.47 Å². The maximum absolute atomic E-state index is 13.5. The van der Waals surface area contributed by atoms with Crippen LogP contribution in [0.5, 0.6) is 5.75 Å². The first kappa shape index (κ1) is 28.9. The monoisotopic (exact) mass is 569 g/mol. The topological polar surface area (TPSA) is 109 Å². The van der Waals surface area contributed by atoms with Crippen LogP contribution in [0, 0.1) is 0 Å². The van der Waals surface area contributed by atoms with Gasteiger partial charge in [-0.1, -0.05) is 36.4 Å². The molecular weight excluding hydrogens is 534 g/mol. The van der Waals surface area contributed by atoms with Crippen LogP contribution in [0.3, 0.4) is 0 Å². The molecule has 9 nitrogen and oxygen atoms in total. The quantitative estimate of drug-likeness (QED) is 0.321. The summed E-state index contributed by atoms with van der Waals surface area (Å²) in [6, 6.07) is 19.5. The number of rotatable bonds is 8. The van der Waals surface area contributed by atoms with Gasteiger partial charge in [0.1, 0.15) is 11.4 Å². The molecule has 0 aliphatic heterocycles. The minimum Gasteiger partial charge on any atom is -0.497 e. The fourth-order valence-corrected chi connectivity index (χ4v) is 5.05. The first-order valence-electron chi connectivity index (χ1n) is 13.9. The number of esters is 1. The standard InChI is InChI=1S/C33H35N3O6/c1-32(2,3)42-30(39)33(16-17-33)24-11-6-22(7-12-24)20-36-29(38)26-18-23(10-15-27(26)35(4)31(36)40)28(37)34-19-21-8-13-25(41-5)14-9-21/h6-15,18H,16-17,19-20H2,1-5H3,(H,34,37). The van der Waals surface area contributed by atoms with E-state index >= 15 is 0 Å². The first-order valence-corrected chi connectivity index (χ1v) is 13.9. The fraction of sp³-hybridized carbons (Fsp3) is 0.333. The summed E-state index contributed by atoms with van der Waals surface area (Å²) in [6.45, 7) is 5.91. The SMILES string of the molecule is COc1ccc(CNC(=O)c2ccc3c(c2)c(=O)n(Cc2ccc(C4(C(=O)OC(C)(C)C)CC4)cc2)c(=O)n3C)cc1. The predicted molar refractivity (Wildman–Crippen MR) is 160 cm³/mol. The molecule has 1 heterocycles. The molecule has 0 radical (unpaired) electrons. The summed E-state index contributed by atoms with van der Waals surface area (Å²) in [7, 11) is 3.19. The number of fused-ring (bicyclic) bond motifs is 1. The van der Waals surface area contributed by atoms with Gasteiger partial charge in [-0.05, 0) is 80.6 Å². The van der Waals surface area contributed by atoms with Crippen molar-refractivity contribution in [2.45, 2.75) is 57.7 Å². The zero-order valence-electron chi connectivity index (χ0n) is 24.5. The first-order chi connectivity index (χ1) is 19.9. The Hall–Kier alpha value is -4.66. The second-order valence-corrected chi connectivity index (χ2v) is 11.8. The molecule has 0 atom stereocenters. The number of hydrogen-bond acceptors (Lipinski definition) is 6. The highest BCUT2D eigenvalue weighted by Crippen LogP contribution is 2.49. The Morgan fingerprint density at radius 2 is 1.57 bits per heavy atom. The van der Waals surface area contributed by atoms with Gasteiger partial charge in [0.15, 0.2) is 0 Å². The lowest BCUT2D eigenvalue weighted by atomic mass is 9.94. The molecule has 1 N–H and O–H groups in total. The van der Waals surface area contributed by atoms with Crippen LogP contribution >= 0.6 is 0 Å². The number of carbonyl (C=O) groups is 2. The average molecular weight is 570 g/mol. The molecule has 3 aromatic carbocycles. The zero-order chi connectivity index (χ0) is 30.2. The highest BCUT2D eigenvalue weighted by molar-refractivity contribution is 5.97. The number of hydrogen-bond donors (Lipinski definition) is 1. The molecule has 1 aliphatic rings. The Kier molecular flexibility index (Phi) is 7.53. The molecule has 1 aliphatic carbocycles. The van der Waals surface area contributed by atoms with Crippen molar-refractivity contribution in [2.75, 3.05) is 7.11 Å². The molecule has 0 spiro atoms. The third kappa shape index (κ3) is 5.72. The van der Waals surface area contributed by atoms with Gasteiger partial charge in [-0.25, -0.2) is 4.79 Å². The number of carbonyl (C=O) groups excluding carboxylic acids is 2. The molecule has 0 bridgehead atoms. The van der Waals surface area contributed by atoms with Gasteiger partial charge in [0.05, 0.1) is 30.0 Å². The van der Waals surface area contributed by atoms with Crippen LogP contribution in [-0.4, -0.2) is 33.7 Å². The van der Waals surface area contributed by atoms with E-state index in [0.717, 1.165) is 39.8 Å². The van der Waals surface area contributed by atoms with Crippen LogP contribution in [0.2, 0.25) is 0 Å². The third-order valence-corrected chi connectivity index (χ3v) is 7.61. The van der Waals surface area contributed by atoms with Crippen LogP contribution in [0.25, 0.3) is 10.9 Å². The van der Waals surface area contributed by atoms with Gasteiger partial charge in [-0.2, -0.15) is 0 Å². The number of nitrogens with zero attached hydrogens (tertiary/aromatic N) is 2. The van der Waals surface area contributed by atoms with Crippen molar-refractivity contribution in [1.82, 2.24) is 14.5 Å². The van der Waals surface area contributed by atoms with E-state index in [1.165, 1.54) is 10.6 Å². The van der Waals surface area contributed by atoms with Crippen LogP contribution < -0.4 is 21.3 Å². The van der Waals surface area contributed by atoms with Crippen molar-refractivity contribution in [2.24, 2.45) is 7.05 Å². The van der Waals surface area contributed by atoms with Gasteiger partial charge in [0.25, 0.3) is 11.5 Å². The zero-order valence-corrected chi connectivity index (χ0v) is 24.5. The maximum atomic E-state index is 13.5. The number of benzene rings is 3. The fourth-order valence-electron chi connectivity index (χ4n) is 5.05. The van der Waals surface area contributed by atoms with E-state index in [9.17, 15) is 19.2 Å². The van der Waals surface area contributed by atoms with Crippen LogP contribution in [0.4, 0.5) is 0 Å². The Balaban J connectivity index is 1.37. The lowest BCUT2D eigenvalue weighted by molar-refractivity contribution is -0.158. The molecule has 0 unspecified atom stereocenters. The van der Waals surface area contributed by atoms with Crippen LogP contribution in [0.15, 0.2) is 76.3 Å². The van der Waals surface area contributed by atoms with Gasteiger partial charge < -0.3 is 14.8 Å². The lowest BCUT2D eigenvalue weighted by Gasteiger charge is -2.24. The maximum Gasteiger partial charge on any atom is 0.331 e. The highest BCUT2D eigenvalue weighted by atomic mass is 16.6. The van der Waals surface area contributed by atoms with E-state index in [-0.39, 0.29) is 23.8 Å². The number of methoxy groups -OCH3 is 1. The van der Waals surface area contributed by atoms with Crippen molar-refractivity contribution in [3.63, 3.8) is 0 Å². The van der Waals surface area contributed by atoms with Crippen molar-refractivity contribution < 1.29 is 19.1 Å². The summed E-state index contributed by atoms with van der Waals surface area (Å²) in [4.78, 5) is 52.4. The summed E-state index contributed by atoms with van der Waals surface area (Å²) in [6.07, 6.45) is 1.45. The number of amides is 1. The molecular formula is C33H35N3O6. The number of nitrogens with one attached hydrogen (secondary N) is 1. The second kappa shape index (κ2) is 11.0. The number of aryl methyl sites for hydroxylation is 1. The minimum absolute atomic E-state index is 0.0507. The average Bonchev–Trinajstić information content (AvgIpc) is 3.79. The molecule has 1 fully saturated rings. The summed E-state index contributed by atoms with van der Waals surface area (Å²) in [5.41, 5.74) is 1.13. The molecule has 1 amide bonds. The minimum atomic E-state index is -0.633. The number of aromatic nitrogens is 2. The van der Waals surface area contributed by atoms with Crippen molar-refractivity contribution in [3.8, 4) is 5.75 Å². The highest BCUT2D eigenvalue weighted by Gasteiger charge is 2.53. The van der Waals surface area contributed by atoms with Gasteiger partial charge in [-0.3, -0.25) is 23.5 Å². The van der Waals surface area contributed by atoms with Gasteiger partial charge >= 0.3 is 11.7 Å². The van der Waals surface area contributed by atoms with E-state index in [2.05, 4.69) is 5.32 Å². The molecule has 42 heavy (non-hydrogen) atoms. The summed E-state index contributed by atoms with van der Waals surface area (Å²) >= 11 is 0. The van der Waals surface area contributed by atoms with E-state index in [1.807, 2.05) is 69.3 Å². The van der Waals surface area contributed by atoms with Crippen molar-refractivity contribution in [1.29, 1.82) is 0 Å². The molecule has 1 saturated carbocycles. The summed E-state index contributed by atoms with van der Waals surface area (Å²) < 4.78 is 13.4. The smallest absolute Gasteiger partial charge is 0.331 e. The van der Waals surface area contributed by atoms with E-state index in [0.29, 0.717) is 17.6 Å². The van der Waals surface area contributed by atoms with Gasteiger partial charge in [0.2, 0.25) is 0 Å². The Bertz CT molecular complexity index is 1770. The van der Waals surface area contributed by atoms with Crippen LogP contribution in [0.1, 0.15) is 60.7 Å². The van der Waals surface area contributed by atoms with E-state index < -0.39 is 22.3 Å². The van der Waals surface area contributed by atoms with Crippen molar-refractivity contribution in [3.05, 3.63) is 110 Å². The third-order valence-electron chi connectivity index (χ3n) is 7.61. The molecule has 9 heteroatoms. The largest absolute Gasteiger partial charge is 0.497 e. The van der Waals surface area contributed by atoms with Crippen LogP contribution in [-0.2, 0) is 35.1 Å². The van der Waals surface area contributed by atoms with Gasteiger partial charge in [0, 0.05) is 19.2 Å². The molecule has 218 valence electrons. The number of ether oxygens (including phenoxy) is 2. The lowest BCUT2D eigenvalue weighted by Crippen LogP contribution is -2.39. The Morgan fingerprint density at radius 1 is 0.929 bits per heavy atom. The van der Waals surface area contributed by atoms with Gasteiger partial charge in [-0.15, -0.1) is 0 Å². The molecule has 1 aromatic heterocycles. The summed E-state index contributed by atoms with van der Waals surface area (Å²) in [5, 5.41) is 3.14. The second-order valence-electron chi connectivity index (χ2n) is 11.8. The predicted octanol–water partition coefficient (Wildman–Crippen LogP) is 4.06. The van der Waals surface area contributed by atoms with E-state index in [1.54, 1.807) is 26.3 Å². The normalized spacial score (nSPS) is 13.9. The van der Waals surface area contributed by atoms with Crippen molar-refractivity contribution >= 4 is 22.8 Å².